The third-order valence-electron chi connectivity index (χ3n) is 3.22. The van der Waals surface area contributed by atoms with E-state index in [4.69, 9.17) is 23.2 Å². The van der Waals surface area contributed by atoms with Crippen molar-refractivity contribution >= 4 is 41.1 Å². The van der Waals surface area contributed by atoms with Gasteiger partial charge in [-0.2, -0.15) is 0 Å². The normalized spacial score (nSPS) is 10.5. The molecular formula is C16H17Cl2N3O. The molecule has 6 heteroatoms. The van der Waals surface area contributed by atoms with Gasteiger partial charge in [0.05, 0.1) is 0 Å². The molecule has 0 saturated heterocycles. The van der Waals surface area contributed by atoms with E-state index in [1.165, 1.54) is 18.4 Å². The first-order chi connectivity index (χ1) is 10.6. The summed E-state index contributed by atoms with van der Waals surface area (Å²) in [5, 5.41) is 3.44. The van der Waals surface area contributed by atoms with E-state index in [-0.39, 0.29) is 16.7 Å². The number of aldehydes is 1. The Morgan fingerprint density at radius 2 is 1.77 bits per heavy atom. The van der Waals surface area contributed by atoms with Gasteiger partial charge in [-0.15, -0.1) is 0 Å². The maximum absolute atomic E-state index is 10.6. The molecule has 1 N–H and O–H groups in total. The van der Waals surface area contributed by atoms with Crippen LogP contribution in [0.25, 0.3) is 0 Å². The molecule has 0 saturated carbocycles. The maximum atomic E-state index is 10.6. The molecule has 1 aromatic heterocycles. The first-order valence-corrected chi connectivity index (χ1v) is 7.91. The van der Waals surface area contributed by atoms with Crippen LogP contribution in [0.15, 0.2) is 24.3 Å². The van der Waals surface area contributed by atoms with Gasteiger partial charge in [-0.1, -0.05) is 48.7 Å². The smallest absolute Gasteiger partial charge is 0.230 e. The van der Waals surface area contributed by atoms with E-state index < -0.39 is 0 Å². The number of carbonyl (C=O) groups is 1. The van der Waals surface area contributed by atoms with E-state index in [0.717, 1.165) is 18.4 Å². The number of aromatic nitrogens is 2. The van der Waals surface area contributed by atoms with Crippen molar-refractivity contribution in [3.63, 3.8) is 0 Å². The van der Waals surface area contributed by atoms with Crippen LogP contribution in [0.5, 0.6) is 0 Å². The number of unbranched alkanes of at least 4 members (excludes halogenated alkanes) is 1. The van der Waals surface area contributed by atoms with Gasteiger partial charge in [-0.25, -0.2) is 9.97 Å². The lowest BCUT2D eigenvalue weighted by Crippen LogP contribution is -2.02. The fourth-order valence-electron chi connectivity index (χ4n) is 2.00. The van der Waals surface area contributed by atoms with E-state index in [1.54, 1.807) is 0 Å². The lowest BCUT2D eigenvalue weighted by Gasteiger charge is -2.09. The number of rotatable bonds is 7. The molecule has 4 nitrogen and oxygen atoms in total. The topological polar surface area (TPSA) is 54.9 Å². The molecule has 0 fully saturated rings. The number of benzene rings is 1. The van der Waals surface area contributed by atoms with Crippen molar-refractivity contribution < 1.29 is 4.79 Å². The van der Waals surface area contributed by atoms with E-state index in [0.29, 0.717) is 11.5 Å². The Morgan fingerprint density at radius 3 is 2.32 bits per heavy atom. The standard InChI is InChI=1S/C16H17Cl2N3O/c1-2-3-4-11-5-7-12(8-6-11)19-16-20-14(17)13(9-10-22)15(18)21-16/h5-8,10H,2-4,9H2,1H3,(H,19,20,21). The third kappa shape index (κ3) is 4.42. The SMILES string of the molecule is CCCCc1ccc(Nc2nc(Cl)c(CC=O)c(Cl)n2)cc1. The molecule has 2 aromatic rings. The average Bonchev–Trinajstić information content (AvgIpc) is 2.50. The van der Waals surface area contributed by atoms with Crippen LogP contribution in [-0.4, -0.2) is 16.3 Å². The molecule has 0 unspecified atom stereocenters. The van der Waals surface area contributed by atoms with Crippen molar-refractivity contribution in [1.82, 2.24) is 9.97 Å². The predicted octanol–water partition coefficient (Wildman–Crippen LogP) is 4.61. The summed E-state index contributed by atoms with van der Waals surface area (Å²) >= 11 is 12.1. The van der Waals surface area contributed by atoms with Crippen molar-refractivity contribution in [2.75, 3.05) is 5.32 Å². The van der Waals surface area contributed by atoms with Gasteiger partial charge in [0.25, 0.3) is 0 Å². The highest BCUT2D eigenvalue weighted by molar-refractivity contribution is 6.34. The lowest BCUT2D eigenvalue weighted by atomic mass is 10.1. The van der Waals surface area contributed by atoms with Crippen LogP contribution in [0.4, 0.5) is 11.6 Å². The van der Waals surface area contributed by atoms with Crippen molar-refractivity contribution in [1.29, 1.82) is 0 Å². The monoisotopic (exact) mass is 337 g/mol. The van der Waals surface area contributed by atoms with Crippen LogP contribution in [0.1, 0.15) is 30.9 Å². The zero-order chi connectivity index (χ0) is 15.9. The van der Waals surface area contributed by atoms with Gasteiger partial charge < -0.3 is 10.1 Å². The number of hydrogen-bond donors (Lipinski definition) is 1. The minimum atomic E-state index is 0.101. The molecule has 1 aromatic carbocycles. The first kappa shape index (κ1) is 16.7. The van der Waals surface area contributed by atoms with Crippen LogP contribution in [0.3, 0.4) is 0 Å². The molecule has 22 heavy (non-hydrogen) atoms. The lowest BCUT2D eigenvalue weighted by molar-refractivity contribution is -0.107. The number of aryl methyl sites for hydroxylation is 1. The number of nitrogens with zero attached hydrogens (tertiary/aromatic N) is 2. The van der Waals surface area contributed by atoms with E-state index in [2.05, 4.69) is 34.3 Å². The minimum absolute atomic E-state index is 0.101. The minimum Gasteiger partial charge on any atom is -0.324 e. The summed E-state index contributed by atoms with van der Waals surface area (Å²) in [7, 11) is 0. The van der Waals surface area contributed by atoms with Gasteiger partial charge in [0.2, 0.25) is 5.95 Å². The Bertz CT molecular complexity index is 621. The highest BCUT2D eigenvalue weighted by atomic mass is 35.5. The number of anilines is 2. The Labute approximate surface area is 139 Å². The fraction of sp³-hybridized carbons (Fsp3) is 0.312. The molecule has 0 amide bonds. The number of nitrogens with one attached hydrogen (secondary N) is 1. The first-order valence-electron chi connectivity index (χ1n) is 7.15. The molecule has 1 heterocycles. The molecular weight excluding hydrogens is 321 g/mol. The summed E-state index contributed by atoms with van der Waals surface area (Å²) in [6.07, 6.45) is 4.26. The molecule has 0 aliphatic carbocycles. The molecule has 116 valence electrons. The van der Waals surface area contributed by atoms with Gasteiger partial charge in [0.1, 0.15) is 16.6 Å². The number of hydrogen-bond acceptors (Lipinski definition) is 4. The molecule has 0 aliphatic rings. The molecule has 0 spiro atoms. The van der Waals surface area contributed by atoms with Crippen molar-refractivity contribution in [3.05, 3.63) is 45.7 Å². The number of halogens is 2. The van der Waals surface area contributed by atoms with Gasteiger partial charge in [0.15, 0.2) is 0 Å². The van der Waals surface area contributed by atoms with Gasteiger partial charge in [-0.3, -0.25) is 0 Å². The average molecular weight is 338 g/mol. The highest BCUT2D eigenvalue weighted by Gasteiger charge is 2.11. The summed E-state index contributed by atoms with van der Waals surface area (Å²) in [6.45, 7) is 2.18. The molecule has 0 bridgehead atoms. The van der Waals surface area contributed by atoms with E-state index in [1.807, 2.05) is 12.1 Å². The van der Waals surface area contributed by atoms with Gasteiger partial charge in [-0.05, 0) is 30.5 Å². The molecule has 2 rings (SSSR count). The third-order valence-corrected chi connectivity index (χ3v) is 3.85. The summed E-state index contributed by atoms with van der Waals surface area (Å²) in [5.41, 5.74) is 2.60. The summed E-state index contributed by atoms with van der Waals surface area (Å²) < 4.78 is 0. The summed E-state index contributed by atoms with van der Waals surface area (Å²) in [5.74, 6) is 0.311. The second kappa shape index (κ2) is 8.11. The van der Waals surface area contributed by atoms with Crippen LogP contribution in [0.2, 0.25) is 10.3 Å². The number of carbonyl (C=O) groups excluding carboxylic acids is 1. The van der Waals surface area contributed by atoms with E-state index in [9.17, 15) is 4.79 Å². The zero-order valence-corrected chi connectivity index (χ0v) is 13.8. The maximum Gasteiger partial charge on any atom is 0.230 e. The quantitative estimate of drug-likeness (QED) is 0.592. The summed E-state index contributed by atoms with van der Waals surface area (Å²) in [6, 6.07) is 8.08. The Balaban J connectivity index is 2.11. The van der Waals surface area contributed by atoms with Crippen LogP contribution < -0.4 is 5.32 Å². The fourth-order valence-corrected chi connectivity index (χ4v) is 2.55. The molecule has 0 atom stereocenters. The zero-order valence-electron chi connectivity index (χ0n) is 12.3. The second-order valence-electron chi connectivity index (χ2n) is 4.90. The molecule has 0 aliphatic heterocycles. The summed E-state index contributed by atoms with van der Waals surface area (Å²) in [4.78, 5) is 18.8. The predicted molar refractivity (Wildman–Crippen MR) is 90.2 cm³/mol. The van der Waals surface area contributed by atoms with E-state index >= 15 is 0 Å². The Hall–Kier alpha value is -1.65. The van der Waals surface area contributed by atoms with Gasteiger partial charge in [0, 0.05) is 17.7 Å². The highest BCUT2D eigenvalue weighted by Crippen LogP contribution is 2.24. The van der Waals surface area contributed by atoms with Crippen molar-refractivity contribution in [3.8, 4) is 0 Å². The van der Waals surface area contributed by atoms with Crippen LogP contribution in [-0.2, 0) is 17.6 Å². The van der Waals surface area contributed by atoms with Gasteiger partial charge >= 0.3 is 0 Å². The van der Waals surface area contributed by atoms with Crippen molar-refractivity contribution in [2.24, 2.45) is 0 Å². The van der Waals surface area contributed by atoms with Crippen molar-refractivity contribution in [2.45, 2.75) is 32.6 Å². The largest absolute Gasteiger partial charge is 0.324 e. The Morgan fingerprint density at radius 1 is 1.14 bits per heavy atom. The second-order valence-corrected chi connectivity index (χ2v) is 5.62. The van der Waals surface area contributed by atoms with Crippen LogP contribution >= 0.6 is 23.2 Å². The van der Waals surface area contributed by atoms with Crippen LogP contribution in [0, 0.1) is 0 Å². The Kier molecular flexibility index (Phi) is 6.16. The molecule has 0 radical (unpaired) electrons.